The number of hydrogen-bond donors (Lipinski definition) is 2. The summed E-state index contributed by atoms with van der Waals surface area (Å²) >= 11 is 0. The highest BCUT2D eigenvalue weighted by molar-refractivity contribution is 6.00. The Labute approximate surface area is 152 Å². The largest absolute Gasteiger partial charge is 1.00 e. The van der Waals surface area contributed by atoms with Gasteiger partial charge >= 0.3 is 0 Å². The van der Waals surface area contributed by atoms with Gasteiger partial charge in [-0.05, 0) is 24.3 Å². The Morgan fingerprint density at radius 2 is 1.79 bits per heavy atom. The van der Waals surface area contributed by atoms with Gasteiger partial charge in [-0.25, -0.2) is 0 Å². The van der Waals surface area contributed by atoms with Gasteiger partial charge in [-0.1, -0.05) is 36.4 Å². The van der Waals surface area contributed by atoms with E-state index in [1.165, 1.54) is 33.3 Å². The van der Waals surface area contributed by atoms with E-state index in [2.05, 4.69) is 60.2 Å². The van der Waals surface area contributed by atoms with Gasteiger partial charge in [-0.3, -0.25) is 0 Å². The summed E-state index contributed by atoms with van der Waals surface area (Å²) in [4.78, 5) is 0. The molecular weight excluding hydrogens is 362 g/mol. The van der Waals surface area contributed by atoms with Crippen molar-refractivity contribution in [3.05, 3.63) is 65.9 Å². The number of rotatable bonds is 1. The smallest absolute Gasteiger partial charge is 0.220 e. The van der Waals surface area contributed by atoms with Crippen LogP contribution in [0.4, 0.5) is 5.69 Å². The van der Waals surface area contributed by atoms with Crippen LogP contribution in [0.2, 0.25) is 0 Å². The molecule has 2 aromatic carbocycles. The zero-order valence-electron chi connectivity index (χ0n) is 13.5. The van der Waals surface area contributed by atoms with Crippen LogP contribution in [0.1, 0.15) is 11.3 Å². The van der Waals surface area contributed by atoms with Crippen LogP contribution in [0.5, 0.6) is 0 Å². The van der Waals surface area contributed by atoms with Crippen molar-refractivity contribution < 1.29 is 21.5 Å². The fourth-order valence-corrected chi connectivity index (χ4v) is 3.53. The van der Waals surface area contributed by atoms with E-state index >= 15 is 0 Å². The molecule has 0 saturated carbocycles. The Bertz CT molecular complexity index is 933. The molecule has 24 heavy (non-hydrogen) atoms. The molecule has 0 fully saturated rings. The van der Waals surface area contributed by atoms with Crippen molar-refractivity contribution in [3.8, 4) is 11.3 Å². The number of anilines is 1. The van der Waals surface area contributed by atoms with Gasteiger partial charge in [0.1, 0.15) is 7.05 Å². The Hall–Kier alpha value is -2.17. The van der Waals surface area contributed by atoms with Gasteiger partial charge in [0.25, 0.3) is 0 Å². The van der Waals surface area contributed by atoms with Crippen molar-refractivity contribution in [2.24, 2.45) is 12.8 Å². The second kappa shape index (κ2) is 6.38. The molecule has 4 rings (SSSR count). The summed E-state index contributed by atoms with van der Waals surface area (Å²) in [5, 5.41) is 2.41. The molecule has 1 atom stereocenters. The Balaban J connectivity index is 0.00000169. The molecule has 3 aromatic rings. The summed E-state index contributed by atoms with van der Waals surface area (Å²) in [5.41, 5.74) is 17.9. The molecule has 0 bridgehead atoms. The molecule has 0 amide bonds. The number of benzene rings is 2. The SMILES string of the molecule is C[n+]1c2c(c3ccc(N)cc3c1-c1ccccc1)C=CC(N)C2.[Br-]. The first kappa shape index (κ1) is 16.7. The van der Waals surface area contributed by atoms with Crippen LogP contribution in [0.25, 0.3) is 28.1 Å². The minimum absolute atomic E-state index is 0. The minimum Gasteiger partial charge on any atom is -1.00 e. The molecule has 1 aliphatic carbocycles. The van der Waals surface area contributed by atoms with Crippen LogP contribution in [-0.4, -0.2) is 6.04 Å². The van der Waals surface area contributed by atoms with Crippen LogP contribution in [-0.2, 0) is 13.5 Å². The quantitative estimate of drug-likeness (QED) is 0.453. The summed E-state index contributed by atoms with van der Waals surface area (Å²) in [6.45, 7) is 0. The molecule has 4 N–H and O–H groups in total. The van der Waals surface area contributed by atoms with Crippen molar-refractivity contribution in [3.63, 3.8) is 0 Å². The number of fused-ring (bicyclic) bond motifs is 3. The fourth-order valence-electron chi connectivity index (χ4n) is 3.53. The van der Waals surface area contributed by atoms with Gasteiger partial charge in [0, 0.05) is 28.2 Å². The maximum absolute atomic E-state index is 6.16. The van der Waals surface area contributed by atoms with E-state index in [-0.39, 0.29) is 23.0 Å². The zero-order chi connectivity index (χ0) is 16.0. The van der Waals surface area contributed by atoms with Crippen molar-refractivity contribution in [2.45, 2.75) is 12.5 Å². The lowest BCUT2D eigenvalue weighted by atomic mass is 9.91. The number of halogens is 1. The molecule has 0 spiro atoms. The molecule has 122 valence electrons. The first-order valence-corrected chi connectivity index (χ1v) is 7.88. The summed E-state index contributed by atoms with van der Waals surface area (Å²) in [6.07, 6.45) is 5.08. The maximum atomic E-state index is 6.16. The maximum Gasteiger partial charge on any atom is 0.220 e. The molecule has 1 aromatic heterocycles. The van der Waals surface area contributed by atoms with E-state index in [1.807, 2.05) is 12.1 Å². The van der Waals surface area contributed by atoms with Gasteiger partial charge in [0.2, 0.25) is 5.69 Å². The number of nitrogen functional groups attached to an aromatic ring is 1. The Morgan fingerprint density at radius 1 is 1.04 bits per heavy atom. The van der Waals surface area contributed by atoms with E-state index in [0.29, 0.717) is 0 Å². The highest BCUT2D eigenvalue weighted by Gasteiger charge is 2.27. The molecule has 1 aliphatic rings. The van der Waals surface area contributed by atoms with Crippen molar-refractivity contribution in [1.29, 1.82) is 0 Å². The highest BCUT2D eigenvalue weighted by Crippen LogP contribution is 2.33. The standard InChI is InChI=1S/C20H20N3.BrH/c1-23-19-12-15(22)8-10-17(19)16-9-7-14(21)11-18(16)20(23)13-5-3-2-4-6-13;/h2-11,15H,12,21-22H2,1H3;1H/q+1;/p-1. The van der Waals surface area contributed by atoms with Crippen LogP contribution >= 0.6 is 0 Å². The Kier molecular flexibility index (Phi) is 4.43. The molecule has 1 unspecified atom stereocenters. The zero-order valence-corrected chi connectivity index (χ0v) is 15.1. The lowest BCUT2D eigenvalue weighted by molar-refractivity contribution is -0.667. The number of nitrogens with zero attached hydrogens (tertiary/aromatic N) is 1. The minimum atomic E-state index is 0. The van der Waals surface area contributed by atoms with Crippen molar-refractivity contribution in [2.75, 3.05) is 5.73 Å². The normalized spacial score (nSPS) is 15.8. The molecule has 0 saturated heterocycles. The molecule has 0 aliphatic heterocycles. The fraction of sp³-hybridized carbons (Fsp3) is 0.150. The third-order valence-corrected chi connectivity index (χ3v) is 4.63. The van der Waals surface area contributed by atoms with E-state index < -0.39 is 0 Å². The van der Waals surface area contributed by atoms with Crippen molar-refractivity contribution >= 4 is 22.5 Å². The monoisotopic (exact) mass is 381 g/mol. The summed E-state index contributed by atoms with van der Waals surface area (Å²) in [6, 6.07) is 16.7. The van der Waals surface area contributed by atoms with Gasteiger partial charge in [0.15, 0.2) is 5.69 Å². The number of nitrogens with two attached hydrogens (primary N) is 2. The predicted octanol–water partition coefficient (Wildman–Crippen LogP) is -0.186. The first-order chi connectivity index (χ1) is 11.1. The second-order valence-electron chi connectivity index (χ2n) is 6.17. The summed E-state index contributed by atoms with van der Waals surface area (Å²) in [7, 11) is 2.12. The van der Waals surface area contributed by atoms with Crippen LogP contribution < -0.4 is 33.0 Å². The molecule has 3 nitrogen and oxygen atoms in total. The number of hydrogen-bond acceptors (Lipinski definition) is 2. The van der Waals surface area contributed by atoms with E-state index in [4.69, 9.17) is 11.5 Å². The molecule has 4 heteroatoms. The third kappa shape index (κ3) is 2.62. The van der Waals surface area contributed by atoms with Gasteiger partial charge in [-0.2, -0.15) is 4.57 Å². The lowest BCUT2D eigenvalue weighted by Gasteiger charge is -2.18. The van der Waals surface area contributed by atoms with Crippen LogP contribution in [0, 0.1) is 0 Å². The third-order valence-electron chi connectivity index (χ3n) is 4.63. The van der Waals surface area contributed by atoms with E-state index in [9.17, 15) is 0 Å². The topological polar surface area (TPSA) is 55.9 Å². The first-order valence-electron chi connectivity index (χ1n) is 7.88. The van der Waals surface area contributed by atoms with Crippen LogP contribution in [0.3, 0.4) is 0 Å². The van der Waals surface area contributed by atoms with Crippen LogP contribution in [0.15, 0.2) is 54.6 Å². The highest BCUT2D eigenvalue weighted by atomic mass is 79.9. The van der Waals surface area contributed by atoms with Crippen molar-refractivity contribution in [1.82, 2.24) is 0 Å². The second-order valence-corrected chi connectivity index (χ2v) is 6.17. The molecule has 1 heterocycles. The Morgan fingerprint density at radius 3 is 2.54 bits per heavy atom. The summed E-state index contributed by atoms with van der Waals surface area (Å²) < 4.78 is 2.27. The predicted molar refractivity (Wildman–Crippen MR) is 95.7 cm³/mol. The average Bonchev–Trinajstić information content (AvgIpc) is 2.56. The lowest BCUT2D eigenvalue weighted by Crippen LogP contribution is -3.00. The van der Waals surface area contributed by atoms with Gasteiger partial charge in [0.05, 0.1) is 11.8 Å². The molecule has 0 radical (unpaired) electrons. The van der Waals surface area contributed by atoms with E-state index in [1.54, 1.807) is 0 Å². The summed E-state index contributed by atoms with van der Waals surface area (Å²) in [5.74, 6) is 0. The van der Waals surface area contributed by atoms with E-state index in [0.717, 1.165) is 12.1 Å². The number of aromatic nitrogens is 1. The van der Waals surface area contributed by atoms with Gasteiger partial charge in [-0.15, -0.1) is 0 Å². The molecular formula is C20H20BrN3. The average molecular weight is 382 g/mol. The van der Waals surface area contributed by atoms with Gasteiger partial charge < -0.3 is 28.4 Å². The number of pyridine rings is 1.